The van der Waals surface area contributed by atoms with Crippen molar-refractivity contribution in [2.45, 2.75) is 17.7 Å². The van der Waals surface area contributed by atoms with Crippen LogP contribution in [0, 0.1) is 0 Å². The molecule has 0 aromatic carbocycles. The summed E-state index contributed by atoms with van der Waals surface area (Å²) in [5, 5.41) is 18.5. The summed E-state index contributed by atoms with van der Waals surface area (Å²) in [7, 11) is 0. The molecule has 5 heteroatoms. The molecule has 1 aromatic heterocycles. The Morgan fingerprint density at radius 1 is 1.50 bits per heavy atom. The van der Waals surface area contributed by atoms with Crippen molar-refractivity contribution >= 4 is 11.8 Å². The molecule has 0 aliphatic heterocycles. The third kappa shape index (κ3) is 3.63. The number of nitrogens with zero attached hydrogens (tertiary/aromatic N) is 1. The van der Waals surface area contributed by atoms with E-state index < -0.39 is 6.10 Å². The van der Waals surface area contributed by atoms with Gasteiger partial charge in [-0.15, -0.1) is 11.8 Å². The maximum absolute atomic E-state index is 9.10. The summed E-state index contributed by atoms with van der Waals surface area (Å²) >= 11 is 1.41. The van der Waals surface area contributed by atoms with Crippen LogP contribution in [-0.2, 0) is 6.54 Å². The van der Waals surface area contributed by atoms with Crippen molar-refractivity contribution < 1.29 is 10.2 Å². The van der Waals surface area contributed by atoms with Crippen molar-refractivity contribution in [3.8, 4) is 0 Å². The molecule has 1 rings (SSSR count). The van der Waals surface area contributed by atoms with Gasteiger partial charge in [0.2, 0.25) is 0 Å². The Morgan fingerprint density at radius 3 is 2.79 bits per heavy atom. The molecule has 0 aliphatic carbocycles. The molecule has 0 saturated heterocycles. The molecule has 0 radical (unpaired) electrons. The van der Waals surface area contributed by atoms with Crippen molar-refractivity contribution in [3.05, 3.63) is 23.9 Å². The third-order valence-electron chi connectivity index (χ3n) is 1.67. The van der Waals surface area contributed by atoms with Gasteiger partial charge in [0, 0.05) is 18.5 Å². The van der Waals surface area contributed by atoms with Crippen LogP contribution < -0.4 is 5.73 Å². The molecule has 4 nitrogen and oxygen atoms in total. The Morgan fingerprint density at radius 2 is 2.29 bits per heavy atom. The largest absolute Gasteiger partial charge is 0.394 e. The maximum atomic E-state index is 9.10. The van der Waals surface area contributed by atoms with E-state index in [9.17, 15) is 0 Å². The zero-order valence-electron chi connectivity index (χ0n) is 7.76. The summed E-state index contributed by atoms with van der Waals surface area (Å²) in [6, 6.07) is 3.76. The summed E-state index contributed by atoms with van der Waals surface area (Å²) in [6.45, 7) is 0.269. The first-order chi connectivity index (χ1) is 6.76. The third-order valence-corrected chi connectivity index (χ3v) is 2.76. The SMILES string of the molecule is NCc1ccc(SCC(O)CO)nc1. The van der Waals surface area contributed by atoms with Gasteiger partial charge in [-0.2, -0.15) is 0 Å². The number of nitrogens with two attached hydrogens (primary N) is 1. The first-order valence-corrected chi connectivity index (χ1v) is 5.31. The average Bonchev–Trinajstić information content (AvgIpc) is 2.26. The van der Waals surface area contributed by atoms with E-state index in [2.05, 4.69) is 4.98 Å². The van der Waals surface area contributed by atoms with E-state index in [1.165, 1.54) is 11.8 Å². The van der Waals surface area contributed by atoms with Gasteiger partial charge < -0.3 is 15.9 Å². The number of aromatic nitrogens is 1. The van der Waals surface area contributed by atoms with E-state index in [0.29, 0.717) is 12.3 Å². The number of rotatable bonds is 5. The second-order valence-corrected chi connectivity index (χ2v) is 3.90. The predicted octanol–water partition coefficient (Wildman–Crippen LogP) is -0.0144. The normalized spacial score (nSPS) is 12.8. The summed E-state index contributed by atoms with van der Waals surface area (Å²) in [5.74, 6) is 0.450. The molecule has 0 bridgehead atoms. The van der Waals surface area contributed by atoms with Crippen LogP contribution in [0.1, 0.15) is 5.56 Å². The Balaban J connectivity index is 2.43. The molecule has 0 fully saturated rings. The highest BCUT2D eigenvalue weighted by Crippen LogP contribution is 2.15. The highest BCUT2D eigenvalue weighted by Gasteiger charge is 2.03. The van der Waals surface area contributed by atoms with E-state index in [4.69, 9.17) is 15.9 Å². The highest BCUT2D eigenvalue weighted by atomic mass is 32.2. The summed E-state index contributed by atoms with van der Waals surface area (Å²) in [4.78, 5) is 4.15. The first kappa shape index (κ1) is 11.5. The van der Waals surface area contributed by atoms with Gasteiger partial charge in [0.1, 0.15) is 0 Å². The molecule has 0 amide bonds. The van der Waals surface area contributed by atoms with E-state index in [0.717, 1.165) is 10.6 Å². The van der Waals surface area contributed by atoms with Crippen LogP contribution in [0.2, 0.25) is 0 Å². The summed E-state index contributed by atoms with van der Waals surface area (Å²) < 4.78 is 0. The van der Waals surface area contributed by atoms with Gasteiger partial charge in [-0.3, -0.25) is 0 Å². The van der Waals surface area contributed by atoms with Crippen molar-refractivity contribution in [1.29, 1.82) is 0 Å². The topological polar surface area (TPSA) is 79.4 Å². The van der Waals surface area contributed by atoms with Gasteiger partial charge in [-0.05, 0) is 11.6 Å². The molecule has 1 atom stereocenters. The standard InChI is InChI=1S/C9H14N2O2S/c10-3-7-1-2-9(11-4-7)14-6-8(13)5-12/h1-2,4,8,12-13H,3,5-6,10H2. The smallest absolute Gasteiger partial charge is 0.0960 e. The van der Waals surface area contributed by atoms with Crippen molar-refractivity contribution in [3.63, 3.8) is 0 Å². The fraction of sp³-hybridized carbons (Fsp3) is 0.444. The monoisotopic (exact) mass is 214 g/mol. The zero-order valence-corrected chi connectivity index (χ0v) is 8.57. The van der Waals surface area contributed by atoms with Gasteiger partial charge in [-0.25, -0.2) is 4.98 Å². The molecule has 78 valence electrons. The van der Waals surface area contributed by atoms with Crippen LogP contribution in [0.3, 0.4) is 0 Å². The lowest BCUT2D eigenvalue weighted by molar-refractivity contribution is 0.113. The number of hydrogen-bond acceptors (Lipinski definition) is 5. The average molecular weight is 214 g/mol. The zero-order chi connectivity index (χ0) is 10.4. The Kier molecular flexibility index (Phi) is 4.89. The maximum Gasteiger partial charge on any atom is 0.0960 e. The number of aliphatic hydroxyl groups excluding tert-OH is 2. The minimum Gasteiger partial charge on any atom is -0.394 e. The predicted molar refractivity (Wildman–Crippen MR) is 55.9 cm³/mol. The van der Waals surface area contributed by atoms with Gasteiger partial charge in [0.05, 0.1) is 17.7 Å². The molecule has 1 heterocycles. The van der Waals surface area contributed by atoms with Gasteiger partial charge in [0.15, 0.2) is 0 Å². The van der Waals surface area contributed by atoms with Crippen LogP contribution in [-0.4, -0.2) is 33.7 Å². The van der Waals surface area contributed by atoms with Crippen molar-refractivity contribution in [1.82, 2.24) is 4.98 Å². The molecule has 4 N–H and O–H groups in total. The van der Waals surface area contributed by atoms with E-state index in [1.54, 1.807) is 6.20 Å². The van der Waals surface area contributed by atoms with Crippen molar-refractivity contribution in [2.75, 3.05) is 12.4 Å². The Bertz CT molecular complexity index is 266. The number of thioether (sulfide) groups is 1. The van der Waals surface area contributed by atoms with Crippen molar-refractivity contribution in [2.24, 2.45) is 5.73 Å². The van der Waals surface area contributed by atoms with Crippen LogP contribution in [0.5, 0.6) is 0 Å². The second-order valence-electron chi connectivity index (χ2n) is 2.86. The summed E-state index contributed by atoms with van der Waals surface area (Å²) in [6.07, 6.45) is 1.03. The van der Waals surface area contributed by atoms with Gasteiger partial charge >= 0.3 is 0 Å². The lowest BCUT2D eigenvalue weighted by Crippen LogP contribution is -2.14. The molecule has 0 aliphatic rings. The molecule has 1 unspecified atom stereocenters. The van der Waals surface area contributed by atoms with Crippen LogP contribution >= 0.6 is 11.8 Å². The van der Waals surface area contributed by atoms with Crippen LogP contribution in [0.4, 0.5) is 0 Å². The number of pyridine rings is 1. The van der Waals surface area contributed by atoms with E-state index in [1.807, 2.05) is 12.1 Å². The minimum absolute atomic E-state index is 0.214. The quantitative estimate of drug-likeness (QED) is 0.601. The molecule has 14 heavy (non-hydrogen) atoms. The molecule has 0 saturated carbocycles. The highest BCUT2D eigenvalue weighted by molar-refractivity contribution is 7.99. The van der Waals surface area contributed by atoms with Crippen LogP contribution in [0.25, 0.3) is 0 Å². The summed E-state index contributed by atoms with van der Waals surface area (Å²) in [5.41, 5.74) is 6.41. The molecule has 1 aromatic rings. The molecular weight excluding hydrogens is 200 g/mol. The second kappa shape index (κ2) is 5.98. The minimum atomic E-state index is -0.684. The fourth-order valence-electron chi connectivity index (χ4n) is 0.851. The molecular formula is C9H14N2O2S. The Labute approximate surface area is 87.2 Å². The Hall–Kier alpha value is -0.620. The van der Waals surface area contributed by atoms with Gasteiger partial charge in [-0.1, -0.05) is 6.07 Å². The number of hydrogen-bond donors (Lipinski definition) is 3. The van der Waals surface area contributed by atoms with E-state index in [-0.39, 0.29) is 6.61 Å². The van der Waals surface area contributed by atoms with E-state index >= 15 is 0 Å². The lowest BCUT2D eigenvalue weighted by Gasteiger charge is -2.05. The molecule has 0 spiro atoms. The van der Waals surface area contributed by atoms with Crippen LogP contribution in [0.15, 0.2) is 23.4 Å². The number of aliphatic hydroxyl groups is 2. The van der Waals surface area contributed by atoms with Gasteiger partial charge in [0.25, 0.3) is 0 Å². The first-order valence-electron chi connectivity index (χ1n) is 4.33. The fourth-order valence-corrected chi connectivity index (χ4v) is 1.61. The lowest BCUT2D eigenvalue weighted by atomic mass is 10.3.